The molecular weight excluding hydrogens is 170 g/mol. The lowest BCUT2D eigenvalue weighted by molar-refractivity contribution is 1.04. The highest BCUT2D eigenvalue weighted by molar-refractivity contribution is 5.24. The van der Waals surface area contributed by atoms with Crippen molar-refractivity contribution in [3.63, 3.8) is 0 Å². The number of benzene rings is 1. The monoisotopic (exact) mass is 187 g/mol. The van der Waals surface area contributed by atoms with E-state index in [1.165, 1.54) is 11.1 Å². The summed E-state index contributed by atoms with van der Waals surface area (Å²) in [6, 6.07) is 10.4. The van der Waals surface area contributed by atoms with E-state index >= 15 is 0 Å². The maximum absolute atomic E-state index is 5.66. The Bertz CT molecular complexity index is 309. The van der Waals surface area contributed by atoms with Crippen molar-refractivity contribution in [2.45, 2.75) is 13.3 Å². The van der Waals surface area contributed by atoms with Gasteiger partial charge in [-0.25, -0.2) is 0 Å². The Morgan fingerprint density at radius 2 is 2.00 bits per heavy atom. The number of hydrogen-bond acceptors (Lipinski definition) is 1. The van der Waals surface area contributed by atoms with Gasteiger partial charge < -0.3 is 5.73 Å². The van der Waals surface area contributed by atoms with Gasteiger partial charge in [-0.15, -0.1) is 0 Å². The fraction of sp³-hybridized carbons (Fsp3) is 0.231. The van der Waals surface area contributed by atoms with Crippen LogP contribution in [0.25, 0.3) is 0 Å². The van der Waals surface area contributed by atoms with Crippen LogP contribution in [0.4, 0.5) is 0 Å². The number of allylic oxidation sites excluding steroid dienone is 3. The lowest BCUT2D eigenvalue weighted by atomic mass is 10.1. The maximum atomic E-state index is 5.66. The van der Waals surface area contributed by atoms with Crippen LogP contribution >= 0.6 is 0 Å². The Balaban J connectivity index is 2.66. The average Bonchev–Trinajstić information content (AvgIpc) is 2.25. The Hall–Kier alpha value is -1.34. The molecule has 0 spiro atoms. The fourth-order valence-electron chi connectivity index (χ4n) is 1.29. The van der Waals surface area contributed by atoms with Gasteiger partial charge in [0.15, 0.2) is 0 Å². The van der Waals surface area contributed by atoms with Crippen LogP contribution in [0.2, 0.25) is 0 Å². The molecule has 0 aliphatic carbocycles. The molecule has 1 rings (SSSR count). The first-order chi connectivity index (χ1) is 6.86. The van der Waals surface area contributed by atoms with Crippen molar-refractivity contribution < 1.29 is 0 Å². The quantitative estimate of drug-likeness (QED) is 0.721. The molecule has 0 heterocycles. The van der Waals surface area contributed by atoms with E-state index in [1.807, 2.05) is 25.1 Å². The predicted octanol–water partition coefficient (Wildman–Crippen LogP) is 2.69. The summed E-state index contributed by atoms with van der Waals surface area (Å²) in [5.41, 5.74) is 8.23. The van der Waals surface area contributed by atoms with Crippen LogP contribution in [-0.4, -0.2) is 6.54 Å². The van der Waals surface area contributed by atoms with Gasteiger partial charge in [-0.2, -0.15) is 0 Å². The highest BCUT2D eigenvalue weighted by Crippen LogP contribution is 2.06. The van der Waals surface area contributed by atoms with Gasteiger partial charge in [0.25, 0.3) is 0 Å². The molecular formula is C13H17N. The van der Waals surface area contributed by atoms with Crippen LogP contribution in [-0.2, 0) is 6.42 Å². The minimum Gasteiger partial charge on any atom is -0.327 e. The fourth-order valence-corrected chi connectivity index (χ4v) is 1.29. The second-order valence-corrected chi connectivity index (χ2v) is 3.22. The zero-order valence-corrected chi connectivity index (χ0v) is 8.61. The van der Waals surface area contributed by atoms with Gasteiger partial charge in [0.2, 0.25) is 0 Å². The van der Waals surface area contributed by atoms with E-state index in [0.717, 1.165) is 6.42 Å². The standard InChI is InChI=1S/C13H17N/c1-2-3-7-13(11-14)10-12-8-5-4-6-9-12/h2-9H,10-11,14H2,1H3/b3-2-,13-7-. The van der Waals surface area contributed by atoms with E-state index in [-0.39, 0.29) is 0 Å². The van der Waals surface area contributed by atoms with Crippen molar-refractivity contribution in [1.82, 2.24) is 0 Å². The summed E-state index contributed by atoms with van der Waals surface area (Å²) in [6.45, 7) is 2.63. The van der Waals surface area contributed by atoms with E-state index in [2.05, 4.69) is 30.3 Å². The lowest BCUT2D eigenvalue weighted by Crippen LogP contribution is -2.05. The van der Waals surface area contributed by atoms with Gasteiger partial charge in [0.1, 0.15) is 0 Å². The average molecular weight is 187 g/mol. The molecule has 1 aromatic carbocycles. The first-order valence-corrected chi connectivity index (χ1v) is 4.91. The maximum Gasteiger partial charge on any atom is 0.0143 e. The third-order valence-corrected chi connectivity index (χ3v) is 2.06. The van der Waals surface area contributed by atoms with Crippen molar-refractivity contribution in [2.24, 2.45) is 5.73 Å². The molecule has 1 aromatic rings. The first-order valence-electron chi connectivity index (χ1n) is 4.91. The van der Waals surface area contributed by atoms with Gasteiger partial charge in [0.05, 0.1) is 0 Å². The SMILES string of the molecule is C/C=C\C=C(/CN)Cc1ccccc1. The Labute approximate surface area is 85.9 Å². The second-order valence-electron chi connectivity index (χ2n) is 3.22. The molecule has 0 saturated heterocycles. The summed E-state index contributed by atoms with van der Waals surface area (Å²) in [5.74, 6) is 0. The lowest BCUT2D eigenvalue weighted by Gasteiger charge is -2.03. The normalized spacial score (nSPS) is 12.3. The molecule has 2 N–H and O–H groups in total. The number of hydrogen-bond donors (Lipinski definition) is 1. The molecule has 0 aliphatic heterocycles. The molecule has 0 bridgehead atoms. The smallest absolute Gasteiger partial charge is 0.0143 e. The summed E-state index contributed by atoms with van der Waals surface area (Å²) < 4.78 is 0. The summed E-state index contributed by atoms with van der Waals surface area (Å²) in [6.07, 6.45) is 7.08. The highest BCUT2D eigenvalue weighted by Gasteiger charge is 1.95. The van der Waals surface area contributed by atoms with Crippen LogP contribution in [0.5, 0.6) is 0 Å². The van der Waals surface area contributed by atoms with Crippen molar-refractivity contribution in [3.8, 4) is 0 Å². The van der Waals surface area contributed by atoms with Crippen LogP contribution in [0.3, 0.4) is 0 Å². The molecule has 0 atom stereocenters. The second kappa shape index (κ2) is 6.17. The molecule has 0 unspecified atom stereocenters. The first kappa shape index (κ1) is 10.7. The van der Waals surface area contributed by atoms with Gasteiger partial charge in [-0.1, -0.05) is 54.1 Å². The summed E-state index contributed by atoms with van der Waals surface area (Å²) in [7, 11) is 0. The Morgan fingerprint density at radius 1 is 1.29 bits per heavy atom. The number of rotatable bonds is 4. The van der Waals surface area contributed by atoms with E-state index < -0.39 is 0 Å². The summed E-state index contributed by atoms with van der Waals surface area (Å²) in [4.78, 5) is 0. The van der Waals surface area contributed by atoms with E-state index in [4.69, 9.17) is 5.73 Å². The topological polar surface area (TPSA) is 26.0 Å². The summed E-state index contributed by atoms with van der Waals surface area (Å²) >= 11 is 0. The molecule has 0 amide bonds. The van der Waals surface area contributed by atoms with E-state index in [1.54, 1.807) is 0 Å². The summed E-state index contributed by atoms with van der Waals surface area (Å²) in [5, 5.41) is 0. The predicted molar refractivity (Wildman–Crippen MR) is 62.1 cm³/mol. The zero-order valence-electron chi connectivity index (χ0n) is 8.61. The van der Waals surface area contributed by atoms with Crippen LogP contribution < -0.4 is 5.73 Å². The third kappa shape index (κ3) is 3.58. The van der Waals surface area contributed by atoms with E-state index in [0.29, 0.717) is 6.54 Å². The highest BCUT2D eigenvalue weighted by atomic mass is 14.5. The van der Waals surface area contributed by atoms with Gasteiger partial charge in [0, 0.05) is 6.54 Å². The molecule has 1 heteroatoms. The molecule has 14 heavy (non-hydrogen) atoms. The number of nitrogens with two attached hydrogens (primary N) is 1. The van der Waals surface area contributed by atoms with Crippen molar-refractivity contribution in [2.75, 3.05) is 6.54 Å². The van der Waals surface area contributed by atoms with Crippen LogP contribution in [0.15, 0.2) is 54.1 Å². The third-order valence-electron chi connectivity index (χ3n) is 2.06. The largest absolute Gasteiger partial charge is 0.327 e. The minimum atomic E-state index is 0.624. The Morgan fingerprint density at radius 3 is 2.57 bits per heavy atom. The molecule has 74 valence electrons. The molecule has 0 saturated carbocycles. The van der Waals surface area contributed by atoms with Gasteiger partial charge >= 0.3 is 0 Å². The molecule has 1 nitrogen and oxygen atoms in total. The van der Waals surface area contributed by atoms with Crippen molar-refractivity contribution >= 4 is 0 Å². The van der Waals surface area contributed by atoms with Gasteiger partial charge in [-0.05, 0) is 18.9 Å². The molecule has 0 fully saturated rings. The van der Waals surface area contributed by atoms with Crippen molar-refractivity contribution in [1.29, 1.82) is 0 Å². The zero-order chi connectivity index (χ0) is 10.2. The van der Waals surface area contributed by atoms with Gasteiger partial charge in [-0.3, -0.25) is 0 Å². The van der Waals surface area contributed by atoms with Crippen LogP contribution in [0.1, 0.15) is 12.5 Å². The molecule has 0 aliphatic rings. The molecule has 0 aromatic heterocycles. The Kier molecular flexibility index (Phi) is 4.73. The molecule has 0 radical (unpaired) electrons. The van der Waals surface area contributed by atoms with Crippen molar-refractivity contribution in [3.05, 3.63) is 59.7 Å². The minimum absolute atomic E-state index is 0.624. The van der Waals surface area contributed by atoms with E-state index in [9.17, 15) is 0 Å². The van der Waals surface area contributed by atoms with Crippen LogP contribution in [0, 0.1) is 0 Å².